The number of guanidine groups is 1. The number of aliphatic imine (C=N–C) groups is 1. The number of benzene rings is 2. The maximum Gasteiger partial charge on any atom is 0.240 e. The van der Waals surface area contributed by atoms with Crippen LogP contribution in [-0.2, 0) is 21.3 Å². The summed E-state index contributed by atoms with van der Waals surface area (Å²) in [6, 6.07) is 12.5. The van der Waals surface area contributed by atoms with Crippen LogP contribution in [0.5, 0.6) is 0 Å². The van der Waals surface area contributed by atoms with Crippen LogP contribution in [0.4, 0.5) is 5.69 Å². The molecule has 0 aromatic heterocycles. The van der Waals surface area contributed by atoms with Crippen molar-refractivity contribution >= 4 is 21.7 Å². The third kappa shape index (κ3) is 6.35. The fraction of sp³-hybridized carbons (Fsp3) is 0.316. The van der Waals surface area contributed by atoms with E-state index in [4.69, 9.17) is 10.5 Å². The Kier molecular flexibility index (Phi) is 7.35. The monoisotopic (exact) mass is 390 g/mol. The molecule has 0 fully saturated rings. The number of nitrogens with one attached hydrogen (secondary N) is 2. The maximum atomic E-state index is 12.1. The first-order valence-corrected chi connectivity index (χ1v) is 10.0. The predicted octanol–water partition coefficient (Wildman–Crippen LogP) is 2.15. The number of anilines is 1. The molecule has 2 aromatic carbocycles. The second kappa shape index (κ2) is 9.50. The highest BCUT2D eigenvalue weighted by atomic mass is 32.2. The van der Waals surface area contributed by atoms with Gasteiger partial charge in [-0.2, -0.15) is 0 Å². The molecule has 0 saturated carbocycles. The summed E-state index contributed by atoms with van der Waals surface area (Å²) in [5, 5.41) is 3.05. The lowest BCUT2D eigenvalue weighted by Crippen LogP contribution is -2.27. The zero-order valence-corrected chi connectivity index (χ0v) is 16.6. The number of nitrogens with two attached hydrogens (primary N) is 1. The van der Waals surface area contributed by atoms with E-state index in [2.05, 4.69) is 15.0 Å². The molecule has 2 aromatic rings. The third-order valence-corrected chi connectivity index (χ3v) is 5.52. The minimum Gasteiger partial charge on any atom is -0.383 e. The highest BCUT2D eigenvalue weighted by molar-refractivity contribution is 7.89. The molecule has 0 aliphatic heterocycles. The van der Waals surface area contributed by atoms with E-state index in [0.717, 1.165) is 11.3 Å². The van der Waals surface area contributed by atoms with Crippen molar-refractivity contribution in [1.29, 1.82) is 0 Å². The van der Waals surface area contributed by atoms with E-state index in [9.17, 15) is 8.42 Å². The molecule has 27 heavy (non-hydrogen) atoms. The van der Waals surface area contributed by atoms with Crippen molar-refractivity contribution in [1.82, 2.24) is 4.72 Å². The molecule has 0 radical (unpaired) electrons. The third-order valence-electron chi connectivity index (χ3n) is 4.04. The molecule has 0 heterocycles. The quantitative estimate of drug-likeness (QED) is 0.364. The zero-order chi connectivity index (χ0) is 19.9. The van der Waals surface area contributed by atoms with Gasteiger partial charge in [0.15, 0.2) is 5.96 Å². The first-order chi connectivity index (χ1) is 12.8. The SMILES string of the molecule is COCCNS(=O)(=O)c1ccc(CN=C(N)Nc2ccc(C)c(C)c2)cc1. The largest absolute Gasteiger partial charge is 0.383 e. The van der Waals surface area contributed by atoms with E-state index < -0.39 is 10.0 Å². The summed E-state index contributed by atoms with van der Waals surface area (Å²) in [6.07, 6.45) is 0. The van der Waals surface area contributed by atoms with Crippen LogP contribution in [-0.4, -0.2) is 34.6 Å². The minimum atomic E-state index is -3.53. The normalized spacial score (nSPS) is 12.2. The summed E-state index contributed by atoms with van der Waals surface area (Å²) in [7, 11) is -2.01. The summed E-state index contributed by atoms with van der Waals surface area (Å²) in [6.45, 7) is 4.98. The highest BCUT2D eigenvalue weighted by Crippen LogP contribution is 2.14. The molecule has 8 heteroatoms. The van der Waals surface area contributed by atoms with Crippen LogP contribution in [0.25, 0.3) is 0 Å². The molecule has 4 N–H and O–H groups in total. The molecular weight excluding hydrogens is 364 g/mol. The van der Waals surface area contributed by atoms with Crippen molar-refractivity contribution in [3.63, 3.8) is 0 Å². The Morgan fingerprint density at radius 1 is 1.11 bits per heavy atom. The van der Waals surface area contributed by atoms with Crippen molar-refractivity contribution in [2.75, 3.05) is 25.6 Å². The lowest BCUT2D eigenvalue weighted by atomic mass is 10.1. The molecule has 0 atom stereocenters. The predicted molar refractivity (Wildman–Crippen MR) is 108 cm³/mol. The summed E-state index contributed by atoms with van der Waals surface area (Å²) in [5.41, 5.74) is 10.0. The van der Waals surface area contributed by atoms with Gasteiger partial charge in [0, 0.05) is 19.3 Å². The Morgan fingerprint density at radius 3 is 2.44 bits per heavy atom. The van der Waals surface area contributed by atoms with Crippen LogP contribution in [0.2, 0.25) is 0 Å². The van der Waals surface area contributed by atoms with Gasteiger partial charge >= 0.3 is 0 Å². The molecule has 0 spiro atoms. The van der Waals surface area contributed by atoms with Crippen LogP contribution in [0.3, 0.4) is 0 Å². The second-order valence-electron chi connectivity index (χ2n) is 6.16. The standard InChI is InChI=1S/C19H26N4O3S/c1-14-4-7-17(12-15(14)2)23-19(20)21-13-16-5-8-18(9-6-16)27(24,25)22-10-11-26-3/h4-9,12,22H,10-11,13H2,1-3H3,(H3,20,21,23). The van der Waals surface area contributed by atoms with Gasteiger partial charge in [0.05, 0.1) is 18.0 Å². The molecule has 7 nitrogen and oxygen atoms in total. The van der Waals surface area contributed by atoms with Crippen LogP contribution in [0, 0.1) is 13.8 Å². The van der Waals surface area contributed by atoms with Gasteiger partial charge in [0.1, 0.15) is 0 Å². The number of ether oxygens (including phenoxy) is 1. The van der Waals surface area contributed by atoms with Gasteiger partial charge in [-0.1, -0.05) is 18.2 Å². The van der Waals surface area contributed by atoms with Crippen LogP contribution in [0.15, 0.2) is 52.4 Å². The highest BCUT2D eigenvalue weighted by Gasteiger charge is 2.12. The average molecular weight is 391 g/mol. The molecule has 0 aliphatic carbocycles. The van der Waals surface area contributed by atoms with E-state index in [1.165, 1.54) is 18.2 Å². The fourth-order valence-electron chi connectivity index (χ4n) is 2.32. The fourth-order valence-corrected chi connectivity index (χ4v) is 3.33. The Bertz CT molecular complexity index is 894. The van der Waals surface area contributed by atoms with Gasteiger partial charge in [0.25, 0.3) is 0 Å². The van der Waals surface area contributed by atoms with Crippen molar-refractivity contribution in [2.45, 2.75) is 25.3 Å². The smallest absolute Gasteiger partial charge is 0.240 e. The van der Waals surface area contributed by atoms with Crippen molar-refractivity contribution in [3.8, 4) is 0 Å². The summed E-state index contributed by atoms with van der Waals surface area (Å²) in [4.78, 5) is 4.50. The molecule has 0 bridgehead atoms. The van der Waals surface area contributed by atoms with E-state index in [1.54, 1.807) is 24.3 Å². The number of aryl methyl sites for hydroxylation is 2. The summed E-state index contributed by atoms with van der Waals surface area (Å²) < 4.78 is 31.5. The minimum absolute atomic E-state index is 0.201. The van der Waals surface area contributed by atoms with Gasteiger partial charge in [-0.15, -0.1) is 0 Å². The second-order valence-corrected chi connectivity index (χ2v) is 7.93. The molecule has 0 unspecified atom stereocenters. The molecule has 0 saturated heterocycles. The molecule has 0 aliphatic rings. The number of methoxy groups -OCH3 is 1. The Labute approximate surface area is 160 Å². The van der Waals surface area contributed by atoms with Crippen LogP contribution >= 0.6 is 0 Å². The number of rotatable bonds is 8. The average Bonchev–Trinajstić information content (AvgIpc) is 2.63. The Balaban J connectivity index is 1.97. The van der Waals surface area contributed by atoms with Gasteiger partial charge in [-0.3, -0.25) is 0 Å². The lowest BCUT2D eigenvalue weighted by molar-refractivity contribution is 0.204. The Morgan fingerprint density at radius 2 is 1.81 bits per heavy atom. The molecular formula is C19H26N4O3S. The van der Waals surface area contributed by atoms with Gasteiger partial charge in [-0.05, 0) is 54.8 Å². The number of hydrogen-bond donors (Lipinski definition) is 3. The Hall–Kier alpha value is -2.42. The maximum absolute atomic E-state index is 12.1. The van der Waals surface area contributed by atoms with Gasteiger partial charge < -0.3 is 15.8 Å². The van der Waals surface area contributed by atoms with Gasteiger partial charge in [-0.25, -0.2) is 18.1 Å². The topological polar surface area (TPSA) is 106 Å². The summed E-state index contributed by atoms with van der Waals surface area (Å²) in [5.74, 6) is 0.302. The van der Waals surface area contributed by atoms with E-state index in [1.807, 2.05) is 32.0 Å². The van der Waals surface area contributed by atoms with E-state index >= 15 is 0 Å². The number of hydrogen-bond acceptors (Lipinski definition) is 4. The lowest BCUT2D eigenvalue weighted by Gasteiger charge is -2.09. The first-order valence-electron chi connectivity index (χ1n) is 8.53. The number of nitrogens with zero attached hydrogens (tertiary/aromatic N) is 1. The summed E-state index contributed by atoms with van der Waals surface area (Å²) >= 11 is 0. The number of sulfonamides is 1. The van der Waals surface area contributed by atoms with Gasteiger partial charge in [0.2, 0.25) is 10.0 Å². The van der Waals surface area contributed by atoms with E-state index in [-0.39, 0.29) is 11.4 Å². The van der Waals surface area contributed by atoms with E-state index in [0.29, 0.717) is 19.1 Å². The van der Waals surface area contributed by atoms with Crippen LogP contribution in [0.1, 0.15) is 16.7 Å². The molecule has 2 rings (SSSR count). The van der Waals surface area contributed by atoms with Crippen molar-refractivity contribution < 1.29 is 13.2 Å². The molecule has 0 amide bonds. The van der Waals surface area contributed by atoms with Crippen LogP contribution < -0.4 is 15.8 Å². The van der Waals surface area contributed by atoms with Crippen molar-refractivity contribution in [2.24, 2.45) is 10.7 Å². The first kappa shape index (κ1) is 20.9. The van der Waals surface area contributed by atoms with Crippen molar-refractivity contribution in [3.05, 3.63) is 59.2 Å². The molecule has 146 valence electrons. The zero-order valence-electron chi connectivity index (χ0n) is 15.8.